The van der Waals surface area contributed by atoms with Crippen molar-refractivity contribution < 1.29 is 17.5 Å². The van der Waals surface area contributed by atoms with E-state index in [1.54, 1.807) is 23.7 Å². The van der Waals surface area contributed by atoms with E-state index < -0.39 is 10.0 Å². The smallest absolute Gasteiger partial charge is 0.262 e. The molecule has 160 valence electrons. The fourth-order valence-electron chi connectivity index (χ4n) is 3.63. The summed E-state index contributed by atoms with van der Waals surface area (Å²) in [4.78, 5) is 4.02. The molecule has 7 nitrogen and oxygen atoms in total. The van der Waals surface area contributed by atoms with Crippen molar-refractivity contribution >= 4 is 10.0 Å². The van der Waals surface area contributed by atoms with E-state index in [1.807, 2.05) is 13.8 Å². The Labute approximate surface area is 171 Å². The molecule has 1 N–H and O–H groups in total. The van der Waals surface area contributed by atoms with Crippen molar-refractivity contribution in [3.05, 3.63) is 48.2 Å². The summed E-state index contributed by atoms with van der Waals surface area (Å²) in [6, 6.07) is 6.33. The molecule has 0 radical (unpaired) electrons. The first kappa shape index (κ1) is 21.9. The van der Waals surface area contributed by atoms with Crippen LogP contribution in [0.15, 0.2) is 41.8 Å². The van der Waals surface area contributed by atoms with Crippen LogP contribution in [0.3, 0.4) is 0 Å². The number of hydrogen-bond acceptors (Lipinski definition) is 5. The Morgan fingerprint density at radius 3 is 2.62 bits per heavy atom. The maximum absolute atomic E-state index is 13.4. The molecule has 9 heteroatoms. The summed E-state index contributed by atoms with van der Waals surface area (Å²) in [7, 11) is -1.93. The second kappa shape index (κ2) is 9.34. The van der Waals surface area contributed by atoms with Crippen molar-refractivity contribution in [1.29, 1.82) is 0 Å². The lowest BCUT2D eigenvalue weighted by atomic mass is 9.89. The topological polar surface area (TPSA) is 76.5 Å². The number of halogens is 1. The van der Waals surface area contributed by atoms with Gasteiger partial charge in [0.05, 0.1) is 19.0 Å². The second-order valence-electron chi connectivity index (χ2n) is 7.74. The molecule has 2 aromatic rings. The minimum Gasteiger partial charge on any atom is -0.377 e. The molecule has 0 bridgehead atoms. The third kappa shape index (κ3) is 5.42. The normalized spacial score (nSPS) is 20.6. The van der Waals surface area contributed by atoms with Gasteiger partial charge in [-0.1, -0.05) is 12.1 Å². The van der Waals surface area contributed by atoms with Crippen molar-refractivity contribution in [2.75, 3.05) is 32.8 Å². The Morgan fingerprint density at radius 2 is 2.00 bits per heavy atom. The first-order chi connectivity index (χ1) is 13.8. The molecular weight excluding hydrogens is 395 g/mol. The number of aryl methyl sites for hydroxylation is 1. The molecule has 1 aliphatic rings. The zero-order valence-electron chi connectivity index (χ0n) is 17.1. The number of ether oxygens (including phenoxy) is 1. The number of nitrogens with one attached hydrogen (secondary N) is 1. The summed E-state index contributed by atoms with van der Waals surface area (Å²) in [6.07, 6.45) is 3.17. The molecule has 1 saturated heterocycles. The molecule has 2 atom stereocenters. The summed E-state index contributed by atoms with van der Waals surface area (Å²) in [6.45, 7) is 6.65. The summed E-state index contributed by atoms with van der Waals surface area (Å²) >= 11 is 0. The van der Waals surface area contributed by atoms with Crippen LogP contribution in [0.4, 0.5) is 4.39 Å². The molecule has 2 heterocycles. The average molecular weight is 425 g/mol. The zero-order chi connectivity index (χ0) is 21.0. The number of sulfonamides is 1. The minimum absolute atomic E-state index is 0.0207. The molecule has 0 saturated carbocycles. The zero-order valence-corrected chi connectivity index (χ0v) is 17.9. The molecule has 1 aliphatic heterocycles. The van der Waals surface area contributed by atoms with Gasteiger partial charge in [0, 0.05) is 38.8 Å². The molecule has 1 aromatic carbocycles. The van der Waals surface area contributed by atoms with Gasteiger partial charge in [-0.25, -0.2) is 17.8 Å². The highest BCUT2D eigenvalue weighted by molar-refractivity contribution is 7.89. The average Bonchev–Trinajstić information content (AvgIpc) is 3.29. The monoisotopic (exact) mass is 424 g/mol. The standard InChI is InChI=1S/C20H29FN4O3S/c1-15(2)28-9-8-22-10-17-11-25(29(26,27)20-13-24(3)14-23-20)12-19(17)16-4-6-18(21)7-5-16/h4-7,13-15,17,19,22H,8-12H2,1-3H3. The second-order valence-corrected chi connectivity index (χ2v) is 9.63. The summed E-state index contributed by atoms with van der Waals surface area (Å²) in [5.74, 6) is -0.254. The Hall–Kier alpha value is -1.81. The summed E-state index contributed by atoms with van der Waals surface area (Å²) in [5, 5.41) is 3.42. The van der Waals surface area contributed by atoms with E-state index >= 15 is 0 Å². The lowest BCUT2D eigenvalue weighted by Gasteiger charge is -2.19. The van der Waals surface area contributed by atoms with Crippen LogP contribution in [0, 0.1) is 11.7 Å². The summed E-state index contributed by atoms with van der Waals surface area (Å²) < 4.78 is 48.1. The minimum atomic E-state index is -3.67. The molecule has 29 heavy (non-hydrogen) atoms. The van der Waals surface area contributed by atoms with Gasteiger partial charge in [0.2, 0.25) is 0 Å². The van der Waals surface area contributed by atoms with Gasteiger partial charge in [0.15, 0.2) is 5.03 Å². The van der Waals surface area contributed by atoms with E-state index in [2.05, 4.69) is 10.3 Å². The van der Waals surface area contributed by atoms with E-state index in [4.69, 9.17) is 4.74 Å². The third-order valence-corrected chi connectivity index (χ3v) is 6.84. The van der Waals surface area contributed by atoms with Gasteiger partial charge in [-0.15, -0.1) is 0 Å². The van der Waals surface area contributed by atoms with Crippen molar-refractivity contribution in [3.63, 3.8) is 0 Å². The molecule has 2 unspecified atom stereocenters. The van der Waals surface area contributed by atoms with Crippen molar-refractivity contribution in [2.45, 2.75) is 30.9 Å². The number of hydrogen-bond donors (Lipinski definition) is 1. The highest BCUT2D eigenvalue weighted by atomic mass is 32.2. The molecule has 0 aliphatic carbocycles. The highest BCUT2D eigenvalue weighted by Crippen LogP contribution is 2.35. The molecule has 0 amide bonds. The Bertz CT molecular complexity index is 899. The van der Waals surface area contributed by atoms with Gasteiger partial charge >= 0.3 is 0 Å². The van der Waals surface area contributed by atoms with Crippen LogP contribution in [-0.4, -0.2) is 61.2 Å². The number of aromatic nitrogens is 2. The van der Waals surface area contributed by atoms with E-state index in [0.717, 1.165) is 5.56 Å². The molecule has 3 rings (SSSR count). The molecule has 1 aromatic heterocycles. The van der Waals surface area contributed by atoms with E-state index in [1.165, 1.54) is 29.0 Å². The first-order valence-corrected chi connectivity index (χ1v) is 11.3. The van der Waals surface area contributed by atoms with Gasteiger partial charge in [0.25, 0.3) is 10.0 Å². The Kier molecular flexibility index (Phi) is 7.05. The van der Waals surface area contributed by atoms with Crippen LogP contribution in [0.25, 0.3) is 0 Å². The number of imidazole rings is 1. The van der Waals surface area contributed by atoms with Crippen LogP contribution in [-0.2, 0) is 21.8 Å². The van der Waals surface area contributed by atoms with Gasteiger partial charge < -0.3 is 14.6 Å². The van der Waals surface area contributed by atoms with Crippen molar-refractivity contribution in [2.24, 2.45) is 13.0 Å². The summed E-state index contributed by atoms with van der Waals surface area (Å²) in [5.41, 5.74) is 0.940. The molecule has 1 fully saturated rings. The maximum atomic E-state index is 13.4. The lowest BCUT2D eigenvalue weighted by molar-refractivity contribution is 0.0803. The highest BCUT2D eigenvalue weighted by Gasteiger charge is 2.40. The van der Waals surface area contributed by atoms with E-state index in [-0.39, 0.29) is 28.8 Å². The molecular formula is C20H29FN4O3S. The number of rotatable bonds is 9. The maximum Gasteiger partial charge on any atom is 0.262 e. The van der Waals surface area contributed by atoms with Crippen LogP contribution in [0.2, 0.25) is 0 Å². The SMILES string of the molecule is CC(C)OCCNCC1CN(S(=O)(=O)c2cn(C)cn2)CC1c1ccc(F)cc1. The predicted octanol–water partition coefficient (Wildman–Crippen LogP) is 1.98. The van der Waals surface area contributed by atoms with Crippen LogP contribution in [0.1, 0.15) is 25.3 Å². The Balaban J connectivity index is 1.73. The van der Waals surface area contributed by atoms with E-state index in [0.29, 0.717) is 32.8 Å². The van der Waals surface area contributed by atoms with Crippen LogP contribution in [0.5, 0.6) is 0 Å². The predicted molar refractivity (Wildman–Crippen MR) is 109 cm³/mol. The fourth-order valence-corrected chi connectivity index (χ4v) is 5.12. The quantitative estimate of drug-likeness (QED) is 0.623. The van der Waals surface area contributed by atoms with Crippen molar-refractivity contribution in [3.8, 4) is 0 Å². The van der Waals surface area contributed by atoms with Gasteiger partial charge in [0.1, 0.15) is 5.82 Å². The van der Waals surface area contributed by atoms with Crippen LogP contribution < -0.4 is 5.32 Å². The van der Waals surface area contributed by atoms with Gasteiger partial charge in [-0.2, -0.15) is 4.31 Å². The number of benzene rings is 1. The Morgan fingerprint density at radius 1 is 1.28 bits per heavy atom. The lowest BCUT2D eigenvalue weighted by Crippen LogP contribution is -2.32. The van der Waals surface area contributed by atoms with Gasteiger partial charge in [-0.3, -0.25) is 0 Å². The molecule has 0 spiro atoms. The first-order valence-electron chi connectivity index (χ1n) is 9.83. The number of nitrogens with zero attached hydrogens (tertiary/aromatic N) is 3. The van der Waals surface area contributed by atoms with Gasteiger partial charge in [-0.05, 0) is 44.0 Å². The third-order valence-electron chi connectivity index (χ3n) is 5.13. The van der Waals surface area contributed by atoms with E-state index in [9.17, 15) is 12.8 Å². The fraction of sp³-hybridized carbons (Fsp3) is 0.550. The van der Waals surface area contributed by atoms with Crippen LogP contribution >= 0.6 is 0 Å². The largest absolute Gasteiger partial charge is 0.377 e. The van der Waals surface area contributed by atoms with Crippen molar-refractivity contribution in [1.82, 2.24) is 19.2 Å².